The van der Waals surface area contributed by atoms with Gasteiger partial charge in [0.15, 0.2) is 0 Å². The minimum atomic E-state index is -3.90. The van der Waals surface area contributed by atoms with Gasteiger partial charge in [0, 0.05) is 17.7 Å². The molecule has 0 unspecified atom stereocenters. The average Bonchev–Trinajstić information content (AvgIpc) is 2.43. The monoisotopic (exact) mass is 409 g/mol. The van der Waals surface area contributed by atoms with Crippen LogP contribution in [0.5, 0.6) is 0 Å². The topological polar surface area (TPSA) is 71.1 Å². The molecule has 0 aliphatic heterocycles. The standard InChI is InChI=1S/C12H10BrCl2N3O2S/c1-16-12-10(5-7(13)6-17-12)21(19,20)18-11-8(14)3-2-4-9(11)15/h2-6,18H,1H3,(H,16,17). The summed E-state index contributed by atoms with van der Waals surface area (Å²) >= 11 is 15.1. The molecule has 0 atom stereocenters. The van der Waals surface area contributed by atoms with E-state index in [2.05, 4.69) is 31.0 Å². The Bertz CT molecular complexity index is 764. The zero-order chi connectivity index (χ0) is 15.6. The Balaban J connectivity index is 2.51. The van der Waals surface area contributed by atoms with Crippen molar-refractivity contribution in [2.24, 2.45) is 0 Å². The van der Waals surface area contributed by atoms with Crippen molar-refractivity contribution in [3.8, 4) is 0 Å². The molecule has 0 fully saturated rings. The number of halogens is 3. The largest absolute Gasteiger partial charge is 0.372 e. The van der Waals surface area contributed by atoms with E-state index < -0.39 is 10.0 Å². The molecule has 9 heteroatoms. The zero-order valence-corrected chi connectivity index (χ0v) is 14.6. The lowest BCUT2D eigenvalue weighted by Gasteiger charge is -2.13. The van der Waals surface area contributed by atoms with E-state index in [1.807, 2.05) is 0 Å². The number of rotatable bonds is 4. The van der Waals surface area contributed by atoms with Crippen molar-refractivity contribution in [1.29, 1.82) is 0 Å². The molecule has 0 aliphatic carbocycles. The number of benzene rings is 1. The number of anilines is 2. The van der Waals surface area contributed by atoms with Crippen molar-refractivity contribution in [1.82, 2.24) is 4.98 Å². The summed E-state index contributed by atoms with van der Waals surface area (Å²) in [7, 11) is -2.32. The lowest BCUT2D eigenvalue weighted by atomic mass is 10.3. The number of sulfonamides is 1. The van der Waals surface area contributed by atoms with Crippen LogP contribution in [0.2, 0.25) is 10.0 Å². The Morgan fingerprint density at radius 1 is 1.24 bits per heavy atom. The average molecular weight is 411 g/mol. The Hall–Kier alpha value is -1.02. The molecule has 0 aliphatic rings. The van der Waals surface area contributed by atoms with Crippen molar-refractivity contribution < 1.29 is 8.42 Å². The predicted octanol–water partition coefficient (Wildman–Crippen LogP) is 3.99. The van der Waals surface area contributed by atoms with Gasteiger partial charge in [-0.3, -0.25) is 4.72 Å². The predicted molar refractivity (Wildman–Crippen MR) is 88.8 cm³/mol. The van der Waals surface area contributed by atoms with Gasteiger partial charge in [-0.05, 0) is 34.1 Å². The number of hydrogen-bond donors (Lipinski definition) is 2. The zero-order valence-electron chi connectivity index (χ0n) is 10.7. The highest BCUT2D eigenvalue weighted by Crippen LogP contribution is 2.33. The van der Waals surface area contributed by atoms with E-state index in [-0.39, 0.29) is 26.4 Å². The highest BCUT2D eigenvalue weighted by molar-refractivity contribution is 9.10. The first kappa shape index (κ1) is 16.4. The molecule has 0 radical (unpaired) electrons. The van der Waals surface area contributed by atoms with Gasteiger partial charge < -0.3 is 5.32 Å². The van der Waals surface area contributed by atoms with Gasteiger partial charge in [0.05, 0.1) is 15.7 Å². The second kappa shape index (κ2) is 6.39. The van der Waals surface area contributed by atoms with Crippen molar-refractivity contribution in [2.45, 2.75) is 4.90 Å². The van der Waals surface area contributed by atoms with Crippen LogP contribution in [0.4, 0.5) is 11.5 Å². The summed E-state index contributed by atoms with van der Waals surface area (Å²) in [6.07, 6.45) is 1.49. The first-order valence-corrected chi connectivity index (χ1v) is 8.68. The molecule has 0 saturated heterocycles. The number of nitrogens with one attached hydrogen (secondary N) is 2. The first-order valence-electron chi connectivity index (χ1n) is 5.65. The van der Waals surface area contributed by atoms with Gasteiger partial charge >= 0.3 is 0 Å². The Kier molecular flexibility index (Phi) is 4.98. The Morgan fingerprint density at radius 3 is 2.43 bits per heavy atom. The van der Waals surface area contributed by atoms with Crippen molar-refractivity contribution in [3.05, 3.63) is 45.0 Å². The molecular weight excluding hydrogens is 401 g/mol. The van der Waals surface area contributed by atoms with Gasteiger partial charge in [-0.25, -0.2) is 13.4 Å². The lowest BCUT2D eigenvalue weighted by molar-refractivity contribution is 0.601. The summed E-state index contributed by atoms with van der Waals surface area (Å²) in [5.41, 5.74) is 0.128. The molecule has 112 valence electrons. The minimum absolute atomic E-state index is 0.0182. The van der Waals surface area contributed by atoms with Crippen LogP contribution in [-0.2, 0) is 10.0 Å². The smallest absolute Gasteiger partial charge is 0.265 e. The van der Waals surface area contributed by atoms with Crippen LogP contribution in [0.15, 0.2) is 39.8 Å². The molecular formula is C12H10BrCl2N3O2S. The van der Waals surface area contributed by atoms with E-state index >= 15 is 0 Å². The molecule has 2 N–H and O–H groups in total. The van der Waals surface area contributed by atoms with Crippen molar-refractivity contribution in [3.63, 3.8) is 0 Å². The molecule has 21 heavy (non-hydrogen) atoms. The van der Waals surface area contributed by atoms with Crippen LogP contribution in [0.25, 0.3) is 0 Å². The van der Waals surface area contributed by atoms with E-state index in [0.29, 0.717) is 4.47 Å². The van der Waals surface area contributed by atoms with Crippen LogP contribution in [0, 0.1) is 0 Å². The first-order chi connectivity index (χ1) is 9.85. The maximum atomic E-state index is 12.5. The van der Waals surface area contributed by atoms with Gasteiger partial charge in [-0.2, -0.15) is 0 Å². The summed E-state index contributed by atoms with van der Waals surface area (Å²) in [5, 5.41) is 3.14. The van der Waals surface area contributed by atoms with Gasteiger partial charge in [0.25, 0.3) is 10.0 Å². The molecule has 0 saturated carbocycles. The van der Waals surface area contributed by atoms with Crippen LogP contribution < -0.4 is 10.0 Å². The Labute approximate surface area is 140 Å². The van der Waals surface area contributed by atoms with Crippen LogP contribution in [0.3, 0.4) is 0 Å². The van der Waals surface area contributed by atoms with Crippen molar-refractivity contribution in [2.75, 3.05) is 17.1 Å². The molecule has 1 aromatic heterocycles. The summed E-state index contributed by atoms with van der Waals surface area (Å²) in [4.78, 5) is 3.99. The van der Waals surface area contributed by atoms with E-state index in [4.69, 9.17) is 23.2 Å². The highest BCUT2D eigenvalue weighted by atomic mass is 79.9. The van der Waals surface area contributed by atoms with E-state index in [1.165, 1.54) is 12.3 Å². The number of nitrogens with zero attached hydrogens (tertiary/aromatic N) is 1. The third-order valence-electron chi connectivity index (χ3n) is 2.54. The number of para-hydroxylation sites is 1. The normalized spacial score (nSPS) is 11.2. The molecule has 1 heterocycles. The van der Waals surface area contributed by atoms with Gasteiger partial charge in [0.2, 0.25) is 0 Å². The fourth-order valence-electron chi connectivity index (χ4n) is 1.60. The maximum Gasteiger partial charge on any atom is 0.265 e. The van der Waals surface area contributed by atoms with Gasteiger partial charge in [-0.15, -0.1) is 0 Å². The molecule has 5 nitrogen and oxygen atoms in total. The van der Waals surface area contributed by atoms with E-state index in [0.717, 1.165) is 0 Å². The fraction of sp³-hybridized carbons (Fsp3) is 0.0833. The third-order valence-corrected chi connectivity index (χ3v) is 4.97. The van der Waals surface area contributed by atoms with Gasteiger partial charge in [0.1, 0.15) is 10.7 Å². The van der Waals surface area contributed by atoms with E-state index in [9.17, 15) is 8.42 Å². The molecule has 1 aromatic carbocycles. The lowest BCUT2D eigenvalue weighted by Crippen LogP contribution is -2.16. The van der Waals surface area contributed by atoms with Crippen LogP contribution >= 0.6 is 39.1 Å². The van der Waals surface area contributed by atoms with Crippen LogP contribution in [-0.4, -0.2) is 20.4 Å². The summed E-state index contributed by atoms with van der Waals surface area (Å²) in [5.74, 6) is 0.217. The minimum Gasteiger partial charge on any atom is -0.372 e. The maximum absolute atomic E-state index is 12.5. The molecule has 0 spiro atoms. The Morgan fingerprint density at radius 2 is 1.86 bits per heavy atom. The molecule has 0 bridgehead atoms. The third kappa shape index (κ3) is 3.60. The quantitative estimate of drug-likeness (QED) is 0.799. The molecule has 0 amide bonds. The number of hydrogen-bond acceptors (Lipinski definition) is 4. The van der Waals surface area contributed by atoms with Gasteiger partial charge in [-0.1, -0.05) is 29.3 Å². The summed E-state index contributed by atoms with van der Waals surface area (Å²) < 4.78 is 27.9. The SMILES string of the molecule is CNc1ncc(Br)cc1S(=O)(=O)Nc1c(Cl)cccc1Cl. The summed E-state index contributed by atoms with van der Waals surface area (Å²) in [6, 6.07) is 6.15. The molecule has 2 rings (SSSR count). The number of pyridine rings is 1. The van der Waals surface area contributed by atoms with E-state index in [1.54, 1.807) is 25.2 Å². The fourth-order valence-corrected chi connectivity index (χ4v) is 3.97. The van der Waals surface area contributed by atoms with Crippen molar-refractivity contribution >= 4 is 60.7 Å². The molecule has 2 aromatic rings. The number of aromatic nitrogens is 1. The highest BCUT2D eigenvalue weighted by Gasteiger charge is 2.22. The second-order valence-electron chi connectivity index (χ2n) is 3.95. The summed E-state index contributed by atoms with van der Waals surface area (Å²) in [6.45, 7) is 0. The second-order valence-corrected chi connectivity index (χ2v) is 7.33. The van der Waals surface area contributed by atoms with Crippen LogP contribution in [0.1, 0.15) is 0 Å².